The predicted molar refractivity (Wildman–Crippen MR) is 101 cm³/mol. The van der Waals surface area contributed by atoms with Crippen LogP contribution >= 0.6 is 0 Å². The Morgan fingerprint density at radius 1 is 1.19 bits per heavy atom. The highest BCUT2D eigenvalue weighted by Crippen LogP contribution is 2.23. The lowest BCUT2D eigenvalue weighted by atomic mass is 9.93. The maximum atomic E-state index is 12.5. The fourth-order valence-corrected chi connectivity index (χ4v) is 3.15. The zero-order valence-corrected chi connectivity index (χ0v) is 16.2. The third-order valence-electron chi connectivity index (χ3n) is 4.66. The van der Waals surface area contributed by atoms with Gasteiger partial charge in [0, 0.05) is 25.9 Å². The van der Waals surface area contributed by atoms with Crippen LogP contribution in [0.3, 0.4) is 0 Å². The Kier molecular flexibility index (Phi) is 7.03. The number of carbonyl (C=O) groups excluding carboxylic acids is 2. The molecule has 0 radical (unpaired) electrons. The summed E-state index contributed by atoms with van der Waals surface area (Å²) in [5, 5.41) is 2.88. The number of hydrogen-bond acceptors (Lipinski definition) is 4. The molecule has 1 N–H and O–H groups in total. The van der Waals surface area contributed by atoms with Crippen LogP contribution in [0.25, 0.3) is 0 Å². The van der Waals surface area contributed by atoms with Gasteiger partial charge in [0.05, 0.1) is 0 Å². The first kappa shape index (κ1) is 20.2. The molecule has 0 saturated carbocycles. The van der Waals surface area contributed by atoms with Gasteiger partial charge in [-0.2, -0.15) is 0 Å². The van der Waals surface area contributed by atoms with Gasteiger partial charge in [-0.25, -0.2) is 0 Å². The predicted octanol–water partition coefficient (Wildman–Crippen LogP) is 3.08. The monoisotopic (exact) mass is 362 g/mol. The van der Waals surface area contributed by atoms with Crippen molar-refractivity contribution in [1.82, 2.24) is 4.90 Å². The van der Waals surface area contributed by atoms with E-state index in [-0.39, 0.29) is 18.4 Å². The molecular formula is C20H30N2O4. The number of hydrogen-bond donors (Lipinski definition) is 1. The van der Waals surface area contributed by atoms with E-state index in [1.54, 1.807) is 38.3 Å². The highest BCUT2D eigenvalue weighted by atomic mass is 16.5. The molecule has 1 aromatic rings. The SMILES string of the molecule is CO[C@](C)(CC(C)C)C(=O)Nc1ccc(OCC(=O)N2CCCC2)cc1. The Morgan fingerprint density at radius 3 is 2.35 bits per heavy atom. The van der Waals surface area contributed by atoms with Gasteiger partial charge < -0.3 is 19.7 Å². The van der Waals surface area contributed by atoms with E-state index in [0.717, 1.165) is 25.9 Å². The largest absolute Gasteiger partial charge is 0.484 e. The molecule has 1 aliphatic rings. The second-order valence-corrected chi connectivity index (χ2v) is 7.39. The minimum atomic E-state index is -0.870. The number of ether oxygens (including phenoxy) is 2. The quantitative estimate of drug-likeness (QED) is 0.772. The Balaban J connectivity index is 1.88. The zero-order chi connectivity index (χ0) is 19.2. The van der Waals surface area contributed by atoms with E-state index in [9.17, 15) is 9.59 Å². The number of methoxy groups -OCH3 is 1. The van der Waals surface area contributed by atoms with Crippen LogP contribution in [0.4, 0.5) is 5.69 Å². The smallest absolute Gasteiger partial charge is 0.260 e. The van der Waals surface area contributed by atoms with Gasteiger partial charge >= 0.3 is 0 Å². The Hall–Kier alpha value is -2.08. The average molecular weight is 362 g/mol. The third-order valence-corrected chi connectivity index (χ3v) is 4.66. The van der Waals surface area contributed by atoms with Gasteiger partial charge in [-0.15, -0.1) is 0 Å². The fourth-order valence-electron chi connectivity index (χ4n) is 3.15. The van der Waals surface area contributed by atoms with E-state index in [2.05, 4.69) is 19.2 Å². The van der Waals surface area contributed by atoms with Crippen LogP contribution in [-0.2, 0) is 14.3 Å². The molecule has 6 nitrogen and oxygen atoms in total. The molecule has 1 heterocycles. The molecule has 1 atom stereocenters. The summed E-state index contributed by atoms with van der Waals surface area (Å²) in [7, 11) is 1.55. The number of nitrogens with zero attached hydrogens (tertiary/aromatic N) is 1. The minimum Gasteiger partial charge on any atom is -0.484 e. The summed E-state index contributed by atoms with van der Waals surface area (Å²) in [5.74, 6) is 0.790. The lowest BCUT2D eigenvalue weighted by Gasteiger charge is -2.28. The van der Waals surface area contributed by atoms with E-state index in [1.807, 2.05) is 4.90 Å². The second kappa shape index (κ2) is 9.03. The molecule has 0 aliphatic carbocycles. The number of nitrogens with one attached hydrogen (secondary N) is 1. The first-order valence-electron chi connectivity index (χ1n) is 9.21. The normalized spacial score (nSPS) is 16.4. The van der Waals surface area contributed by atoms with Crippen LogP contribution in [0.2, 0.25) is 0 Å². The molecule has 2 rings (SSSR count). The minimum absolute atomic E-state index is 0.0180. The lowest BCUT2D eigenvalue weighted by molar-refractivity contribution is -0.137. The highest BCUT2D eigenvalue weighted by molar-refractivity contribution is 5.97. The van der Waals surface area contributed by atoms with E-state index in [4.69, 9.17) is 9.47 Å². The third kappa shape index (κ3) is 5.46. The Bertz CT molecular complexity index is 609. The number of carbonyl (C=O) groups is 2. The topological polar surface area (TPSA) is 67.9 Å². The summed E-state index contributed by atoms with van der Waals surface area (Å²) in [4.78, 5) is 26.4. The van der Waals surface area contributed by atoms with Crippen molar-refractivity contribution >= 4 is 17.5 Å². The second-order valence-electron chi connectivity index (χ2n) is 7.39. The lowest BCUT2D eigenvalue weighted by Crippen LogP contribution is -2.43. The van der Waals surface area contributed by atoms with Crippen molar-refractivity contribution in [2.45, 2.75) is 45.6 Å². The zero-order valence-electron chi connectivity index (χ0n) is 16.2. The van der Waals surface area contributed by atoms with Gasteiger partial charge in [-0.1, -0.05) is 13.8 Å². The molecule has 0 unspecified atom stereocenters. The van der Waals surface area contributed by atoms with Crippen molar-refractivity contribution in [2.75, 3.05) is 32.1 Å². The first-order valence-corrected chi connectivity index (χ1v) is 9.21. The van der Waals surface area contributed by atoms with Gasteiger partial charge in [0.15, 0.2) is 6.61 Å². The molecule has 1 saturated heterocycles. The molecule has 0 spiro atoms. The van der Waals surface area contributed by atoms with Crippen molar-refractivity contribution in [3.05, 3.63) is 24.3 Å². The Morgan fingerprint density at radius 2 is 1.81 bits per heavy atom. The van der Waals surface area contributed by atoms with Crippen LogP contribution in [0.1, 0.15) is 40.0 Å². The molecule has 144 valence electrons. The fraction of sp³-hybridized carbons (Fsp3) is 0.600. The summed E-state index contributed by atoms with van der Waals surface area (Å²) in [6.07, 6.45) is 2.77. The van der Waals surface area contributed by atoms with Gasteiger partial charge in [0.2, 0.25) is 0 Å². The van der Waals surface area contributed by atoms with Crippen LogP contribution in [0.5, 0.6) is 5.75 Å². The number of amides is 2. The standard InChI is InChI=1S/C20H30N2O4/c1-15(2)13-20(3,25-4)19(24)21-16-7-9-17(10-8-16)26-14-18(23)22-11-5-6-12-22/h7-10,15H,5-6,11-14H2,1-4H3,(H,21,24)/t20-/m1/s1. The van der Waals surface area contributed by atoms with Crippen LogP contribution < -0.4 is 10.1 Å². The molecule has 1 aliphatic heterocycles. The molecule has 0 aromatic heterocycles. The summed E-state index contributed by atoms with van der Waals surface area (Å²) in [6, 6.07) is 7.02. The van der Waals surface area contributed by atoms with E-state index in [0.29, 0.717) is 23.8 Å². The highest BCUT2D eigenvalue weighted by Gasteiger charge is 2.33. The summed E-state index contributed by atoms with van der Waals surface area (Å²) in [5.41, 5.74) is -0.203. The summed E-state index contributed by atoms with van der Waals surface area (Å²) < 4.78 is 11.0. The molecule has 6 heteroatoms. The van der Waals surface area contributed by atoms with E-state index in [1.165, 1.54) is 0 Å². The number of rotatable bonds is 8. The molecule has 1 fully saturated rings. The van der Waals surface area contributed by atoms with Crippen molar-refractivity contribution < 1.29 is 19.1 Å². The average Bonchev–Trinajstić information content (AvgIpc) is 3.15. The molecule has 0 bridgehead atoms. The molecular weight excluding hydrogens is 332 g/mol. The van der Waals surface area contributed by atoms with Crippen molar-refractivity contribution in [1.29, 1.82) is 0 Å². The van der Waals surface area contributed by atoms with Gasteiger partial charge in [-0.3, -0.25) is 9.59 Å². The molecule has 1 aromatic carbocycles. The first-order chi connectivity index (χ1) is 12.3. The van der Waals surface area contributed by atoms with Crippen LogP contribution in [0, 0.1) is 5.92 Å². The number of likely N-dealkylation sites (tertiary alicyclic amines) is 1. The van der Waals surface area contributed by atoms with Crippen LogP contribution in [0.15, 0.2) is 24.3 Å². The van der Waals surface area contributed by atoms with E-state index >= 15 is 0 Å². The summed E-state index contributed by atoms with van der Waals surface area (Å²) in [6.45, 7) is 7.59. The van der Waals surface area contributed by atoms with Gasteiger partial charge in [0.25, 0.3) is 11.8 Å². The van der Waals surface area contributed by atoms with Gasteiger partial charge in [0.1, 0.15) is 11.4 Å². The maximum absolute atomic E-state index is 12.5. The Labute approximate surface area is 155 Å². The maximum Gasteiger partial charge on any atom is 0.260 e. The summed E-state index contributed by atoms with van der Waals surface area (Å²) >= 11 is 0. The number of benzene rings is 1. The van der Waals surface area contributed by atoms with Crippen LogP contribution in [-0.4, -0.2) is 49.1 Å². The molecule has 26 heavy (non-hydrogen) atoms. The van der Waals surface area contributed by atoms with Crippen molar-refractivity contribution in [3.63, 3.8) is 0 Å². The van der Waals surface area contributed by atoms with Gasteiger partial charge in [-0.05, 0) is 56.4 Å². The van der Waals surface area contributed by atoms with Crippen molar-refractivity contribution in [2.24, 2.45) is 5.92 Å². The number of anilines is 1. The van der Waals surface area contributed by atoms with E-state index < -0.39 is 5.60 Å². The van der Waals surface area contributed by atoms with Crippen molar-refractivity contribution in [3.8, 4) is 5.75 Å². The molecule has 2 amide bonds.